The van der Waals surface area contributed by atoms with Crippen LogP contribution in [0.2, 0.25) is 0 Å². The lowest BCUT2D eigenvalue weighted by Gasteiger charge is -2.25. The van der Waals surface area contributed by atoms with E-state index in [2.05, 4.69) is 4.99 Å². The van der Waals surface area contributed by atoms with Crippen LogP contribution in [0.4, 0.5) is 0 Å². The third-order valence-corrected chi connectivity index (χ3v) is 7.37. The second-order valence-corrected chi connectivity index (χ2v) is 9.88. The van der Waals surface area contributed by atoms with Crippen LogP contribution in [0.15, 0.2) is 81.7 Å². The van der Waals surface area contributed by atoms with Crippen molar-refractivity contribution in [3.8, 4) is 11.5 Å². The van der Waals surface area contributed by atoms with E-state index in [4.69, 9.17) is 14.2 Å². The van der Waals surface area contributed by atoms with E-state index in [1.165, 1.54) is 29.9 Å². The van der Waals surface area contributed by atoms with Gasteiger partial charge in [0, 0.05) is 6.92 Å². The van der Waals surface area contributed by atoms with Crippen LogP contribution >= 0.6 is 11.3 Å². The third kappa shape index (κ3) is 4.88. The first-order chi connectivity index (χ1) is 18.8. The molecule has 2 heterocycles. The van der Waals surface area contributed by atoms with Crippen LogP contribution in [0, 0.1) is 0 Å². The number of benzene rings is 3. The van der Waals surface area contributed by atoms with E-state index in [-0.39, 0.29) is 23.5 Å². The number of esters is 2. The van der Waals surface area contributed by atoms with Crippen LogP contribution in [-0.4, -0.2) is 30.2 Å². The second kappa shape index (κ2) is 10.7. The van der Waals surface area contributed by atoms with Crippen LogP contribution in [0.3, 0.4) is 0 Å². The number of rotatable bonds is 6. The number of carbonyl (C=O) groups is 2. The Morgan fingerprint density at radius 3 is 2.59 bits per heavy atom. The quantitative estimate of drug-likeness (QED) is 0.271. The summed E-state index contributed by atoms with van der Waals surface area (Å²) in [5.74, 6) is -0.533. The SMILES string of the molecule is CCOC(=O)C1=C(C)N=c2s/c(=C/c3cccc4ccccc34)c(=O)n2[C@H]1c1ccc(OC(C)=O)c(OC)c1. The molecule has 1 aliphatic heterocycles. The Balaban J connectivity index is 1.74. The van der Waals surface area contributed by atoms with Crippen molar-refractivity contribution >= 4 is 40.1 Å². The summed E-state index contributed by atoms with van der Waals surface area (Å²) in [6.07, 6.45) is 1.86. The molecule has 0 saturated carbocycles. The van der Waals surface area contributed by atoms with Gasteiger partial charge in [-0.25, -0.2) is 9.79 Å². The second-order valence-electron chi connectivity index (χ2n) is 8.87. The fourth-order valence-electron chi connectivity index (χ4n) is 4.72. The standard InChI is InChI=1S/C30H26N2O6S/c1-5-37-29(35)26-17(2)31-30-32(27(26)21-13-14-23(38-18(3)33)24(15-21)36-4)28(34)25(39-30)16-20-11-8-10-19-9-6-7-12-22(19)20/h6-16,27H,5H2,1-4H3/b25-16+/t27-/m0/s1. The van der Waals surface area contributed by atoms with Crippen molar-refractivity contribution in [1.82, 2.24) is 4.57 Å². The molecule has 1 aliphatic rings. The number of aromatic nitrogens is 1. The van der Waals surface area contributed by atoms with Crippen molar-refractivity contribution < 1.29 is 23.8 Å². The van der Waals surface area contributed by atoms with E-state index in [0.29, 0.717) is 26.3 Å². The molecule has 0 N–H and O–H groups in total. The van der Waals surface area contributed by atoms with Crippen molar-refractivity contribution in [1.29, 1.82) is 0 Å². The van der Waals surface area contributed by atoms with Crippen LogP contribution in [0.25, 0.3) is 16.8 Å². The lowest BCUT2D eigenvalue weighted by Crippen LogP contribution is -2.40. The van der Waals surface area contributed by atoms with Crippen molar-refractivity contribution in [2.24, 2.45) is 4.99 Å². The molecule has 1 aromatic heterocycles. The number of fused-ring (bicyclic) bond motifs is 2. The zero-order chi connectivity index (χ0) is 27.7. The average molecular weight is 543 g/mol. The Hall–Kier alpha value is -4.50. The van der Waals surface area contributed by atoms with Crippen LogP contribution < -0.4 is 24.4 Å². The van der Waals surface area contributed by atoms with Gasteiger partial charge in [-0.15, -0.1) is 0 Å². The van der Waals surface area contributed by atoms with Crippen molar-refractivity contribution in [3.05, 3.63) is 103 Å². The first kappa shape index (κ1) is 26.1. The van der Waals surface area contributed by atoms with E-state index >= 15 is 0 Å². The molecule has 0 spiro atoms. The molecule has 5 rings (SSSR count). The number of carbonyl (C=O) groups excluding carboxylic acids is 2. The van der Waals surface area contributed by atoms with E-state index in [0.717, 1.165) is 16.3 Å². The monoisotopic (exact) mass is 542 g/mol. The van der Waals surface area contributed by atoms with Gasteiger partial charge in [-0.05, 0) is 54.0 Å². The van der Waals surface area contributed by atoms with Gasteiger partial charge >= 0.3 is 11.9 Å². The Morgan fingerprint density at radius 2 is 1.85 bits per heavy atom. The minimum Gasteiger partial charge on any atom is -0.493 e. The highest BCUT2D eigenvalue weighted by Crippen LogP contribution is 2.36. The molecule has 8 nitrogen and oxygen atoms in total. The summed E-state index contributed by atoms with van der Waals surface area (Å²) in [5, 5.41) is 2.09. The predicted octanol–water partition coefficient (Wildman–Crippen LogP) is 3.89. The first-order valence-corrected chi connectivity index (χ1v) is 13.2. The summed E-state index contributed by atoms with van der Waals surface area (Å²) in [6.45, 7) is 4.92. The maximum atomic E-state index is 13.9. The first-order valence-electron chi connectivity index (χ1n) is 12.4. The molecule has 0 bridgehead atoms. The van der Waals surface area contributed by atoms with Gasteiger partial charge in [-0.1, -0.05) is 59.9 Å². The molecular weight excluding hydrogens is 516 g/mol. The number of hydrogen-bond acceptors (Lipinski definition) is 8. The smallest absolute Gasteiger partial charge is 0.338 e. The highest BCUT2D eigenvalue weighted by Gasteiger charge is 2.34. The van der Waals surface area contributed by atoms with E-state index < -0.39 is 18.0 Å². The molecule has 0 radical (unpaired) electrons. The molecule has 0 unspecified atom stereocenters. The maximum Gasteiger partial charge on any atom is 0.338 e. The summed E-state index contributed by atoms with van der Waals surface area (Å²) in [7, 11) is 1.45. The molecule has 198 valence electrons. The third-order valence-electron chi connectivity index (χ3n) is 6.38. The Labute approximate surface area is 228 Å². The minimum atomic E-state index is -0.824. The fourth-order valence-corrected chi connectivity index (χ4v) is 5.76. The highest BCUT2D eigenvalue weighted by molar-refractivity contribution is 7.07. The number of methoxy groups -OCH3 is 1. The number of thiazole rings is 1. The molecule has 39 heavy (non-hydrogen) atoms. The molecule has 4 aromatic rings. The zero-order valence-corrected chi connectivity index (χ0v) is 22.7. The number of ether oxygens (including phenoxy) is 3. The summed E-state index contributed by atoms with van der Waals surface area (Å²) in [6, 6.07) is 18.0. The Morgan fingerprint density at radius 1 is 1.08 bits per heavy atom. The summed E-state index contributed by atoms with van der Waals surface area (Å²) in [4.78, 5) is 43.8. The summed E-state index contributed by atoms with van der Waals surface area (Å²) in [5.41, 5.74) is 1.92. The highest BCUT2D eigenvalue weighted by atomic mass is 32.1. The van der Waals surface area contributed by atoms with E-state index in [1.54, 1.807) is 32.0 Å². The average Bonchev–Trinajstić information content (AvgIpc) is 3.22. The predicted molar refractivity (Wildman–Crippen MR) is 149 cm³/mol. The van der Waals surface area contributed by atoms with E-state index in [9.17, 15) is 14.4 Å². The van der Waals surface area contributed by atoms with Crippen molar-refractivity contribution in [2.45, 2.75) is 26.8 Å². The normalized spacial score (nSPS) is 15.1. The summed E-state index contributed by atoms with van der Waals surface area (Å²) < 4.78 is 18.1. The van der Waals surface area contributed by atoms with Crippen molar-refractivity contribution in [3.63, 3.8) is 0 Å². The summed E-state index contributed by atoms with van der Waals surface area (Å²) >= 11 is 1.26. The van der Waals surface area contributed by atoms with E-state index in [1.807, 2.05) is 48.5 Å². The van der Waals surface area contributed by atoms with Gasteiger partial charge in [0.25, 0.3) is 5.56 Å². The van der Waals surface area contributed by atoms with Crippen LogP contribution in [-0.2, 0) is 14.3 Å². The molecule has 3 aromatic carbocycles. The molecule has 0 amide bonds. The molecule has 0 saturated heterocycles. The number of nitrogens with zero attached hydrogens (tertiary/aromatic N) is 2. The number of allylic oxidation sites excluding steroid dienone is 1. The van der Waals surface area contributed by atoms with Gasteiger partial charge in [0.05, 0.1) is 35.6 Å². The van der Waals surface area contributed by atoms with Gasteiger partial charge in [-0.3, -0.25) is 14.2 Å². The van der Waals surface area contributed by atoms with Crippen LogP contribution in [0.5, 0.6) is 11.5 Å². The van der Waals surface area contributed by atoms with Gasteiger partial charge in [0.2, 0.25) is 0 Å². The van der Waals surface area contributed by atoms with Gasteiger partial charge in [-0.2, -0.15) is 0 Å². The molecule has 0 aliphatic carbocycles. The van der Waals surface area contributed by atoms with Gasteiger partial charge in [0.15, 0.2) is 16.3 Å². The number of hydrogen-bond donors (Lipinski definition) is 0. The lowest BCUT2D eigenvalue weighted by molar-refractivity contribution is -0.139. The minimum absolute atomic E-state index is 0.169. The Bertz CT molecular complexity index is 1830. The zero-order valence-electron chi connectivity index (χ0n) is 21.9. The van der Waals surface area contributed by atoms with Crippen molar-refractivity contribution in [2.75, 3.05) is 13.7 Å². The molecule has 1 atom stereocenters. The maximum absolute atomic E-state index is 13.9. The lowest BCUT2D eigenvalue weighted by atomic mass is 9.95. The molecule has 0 fully saturated rings. The largest absolute Gasteiger partial charge is 0.493 e. The Kier molecular flexibility index (Phi) is 7.17. The fraction of sp³-hybridized carbons (Fsp3) is 0.200. The van der Waals surface area contributed by atoms with Gasteiger partial charge in [0.1, 0.15) is 0 Å². The topological polar surface area (TPSA) is 96.2 Å². The molecule has 9 heteroatoms. The van der Waals surface area contributed by atoms with Gasteiger partial charge < -0.3 is 14.2 Å². The van der Waals surface area contributed by atoms with Crippen LogP contribution in [0.1, 0.15) is 37.9 Å². The molecular formula is C30H26N2O6S.